The standard InChI is InChI=1S/C18H23NO.ClH/c1-14(2)12-17(19)16-10-6-7-11-18(16)20-13-15-8-4-3-5-9-15;/h3-11,14,17H,12-13,19H2,1-2H3;1H/t17-;/m1./s1. The average molecular weight is 306 g/mol. The maximum atomic E-state index is 6.29. The molecule has 0 saturated carbocycles. The van der Waals surface area contributed by atoms with Crippen LogP contribution in [0, 0.1) is 5.92 Å². The van der Waals surface area contributed by atoms with E-state index in [4.69, 9.17) is 10.5 Å². The topological polar surface area (TPSA) is 35.2 Å². The summed E-state index contributed by atoms with van der Waals surface area (Å²) in [5.41, 5.74) is 8.55. The van der Waals surface area contributed by atoms with Gasteiger partial charge in [-0.2, -0.15) is 0 Å². The van der Waals surface area contributed by atoms with Gasteiger partial charge in [-0.3, -0.25) is 0 Å². The number of halogens is 1. The maximum absolute atomic E-state index is 6.29. The van der Waals surface area contributed by atoms with E-state index in [1.165, 1.54) is 5.56 Å². The quantitative estimate of drug-likeness (QED) is 0.837. The third kappa shape index (κ3) is 5.41. The molecule has 1 atom stereocenters. The number of para-hydroxylation sites is 1. The Balaban J connectivity index is 0.00000220. The van der Waals surface area contributed by atoms with Gasteiger partial charge in [0.1, 0.15) is 12.4 Å². The Morgan fingerprint density at radius 3 is 2.24 bits per heavy atom. The van der Waals surface area contributed by atoms with Crippen LogP contribution in [0.5, 0.6) is 5.75 Å². The summed E-state index contributed by atoms with van der Waals surface area (Å²) in [4.78, 5) is 0. The Hall–Kier alpha value is -1.51. The van der Waals surface area contributed by atoms with Crippen molar-refractivity contribution < 1.29 is 4.74 Å². The lowest BCUT2D eigenvalue weighted by molar-refractivity contribution is 0.299. The van der Waals surface area contributed by atoms with Gasteiger partial charge in [-0.15, -0.1) is 12.4 Å². The molecule has 0 heterocycles. The van der Waals surface area contributed by atoms with Crippen LogP contribution < -0.4 is 10.5 Å². The summed E-state index contributed by atoms with van der Waals surface area (Å²) in [6.45, 7) is 4.95. The highest BCUT2D eigenvalue weighted by Gasteiger charge is 2.13. The Morgan fingerprint density at radius 1 is 0.952 bits per heavy atom. The Kier molecular flexibility index (Phi) is 7.27. The number of benzene rings is 2. The van der Waals surface area contributed by atoms with Crippen LogP contribution >= 0.6 is 12.4 Å². The predicted octanol–water partition coefficient (Wildman–Crippen LogP) is 4.73. The molecule has 0 aliphatic heterocycles. The monoisotopic (exact) mass is 305 g/mol. The summed E-state index contributed by atoms with van der Waals surface area (Å²) >= 11 is 0. The van der Waals surface area contributed by atoms with Crippen LogP contribution in [0.15, 0.2) is 54.6 Å². The van der Waals surface area contributed by atoms with Gasteiger partial charge in [0.15, 0.2) is 0 Å². The van der Waals surface area contributed by atoms with Gasteiger partial charge in [0, 0.05) is 11.6 Å². The zero-order chi connectivity index (χ0) is 14.4. The van der Waals surface area contributed by atoms with E-state index >= 15 is 0 Å². The van der Waals surface area contributed by atoms with Gasteiger partial charge in [0.25, 0.3) is 0 Å². The summed E-state index contributed by atoms with van der Waals surface area (Å²) in [5.74, 6) is 1.47. The number of hydrogen-bond acceptors (Lipinski definition) is 2. The van der Waals surface area contributed by atoms with Crippen LogP contribution in [-0.4, -0.2) is 0 Å². The average Bonchev–Trinajstić information content (AvgIpc) is 2.46. The van der Waals surface area contributed by atoms with Crippen molar-refractivity contribution in [2.75, 3.05) is 0 Å². The SMILES string of the molecule is CC(C)C[C@@H](N)c1ccccc1OCc1ccccc1.Cl. The molecular formula is C18H24ClNO. The fourth-order valence-electron chi connectivity index (χ4n) is 2.29. The van der Waals surface area contributed by atoms with Crippen LogP contribution in [0.2, 0.25) is 0 Å². The molecule has 0 aromatic heterocycles. The van der Waals surface area contributed by atoms with Gasteiger partial charge in [-0.1, -0.05) is 62.4 Å². The second kappa shape index (κ2) is 8.71. The van der Waals surface area contributed by atoms with Crippen molar-refractivity contribution >= 4 is 12.4 Å². The van der Waals surface area contributed by atoms with Crippen LogP contribution in [-0.2, 0) is 6.61 Å². The van der Waals surface area contributed by atoms with Crippen LogP contribution in [0.25, 0.3) is 0 Å². The van der Waals surface area contributed by atoms with E-state index in [1.54, 1.807) is 0 Å². The molecule has 3 heteroatoms. The van der Waals surface area contributed by atoms with Crippen molar-refractivity contribution in [3.05, 3.63) is 65.7 Å². The minimum absolute atomic E-state index is 0. The maximum Gasteiger partial charge on any atom is 0.124 e. The first-order valence-electron chi connectivity index (χ1n) is 7.18. The zero-order valence-corrected chi connectivity index (χ0v) is 13.5. The molecular weight excluding hydrogens is 282 g/mol. The van der Waals surface area contributed by atoms with Gasteiger partial charge >= 0.3 is 0 Å². The summed E-state index contributed by atoms with van der Waals surface area (Å²) in [6.07, 6.45) is 0.964. The molecule has 0 radical (unpaired) electrons. The van der Waals surface area contributed by atoms with Gasteiger partial charge in [-0.25, -0.2) is 0 Å². The van der Waals surface area contributed by atoms with Gasteiger partial charge in [0.2, 0.25) is 0 Å². The third-order valence-corrected chi connectivity index (χ3v) is 3.28. The molecule has 2 aromatic carbocycles. The highest BCUT2D eigenvalue weighted by Crippen LogP contribution is 2.28. The number of rotatable bonds is 6. The minimum atomic E-state index is 0. The number of nitrogens with two attached hydrogens (primary N) is 1. The lowest BCUT2D eigenvalue weighted by atomic mass is 9.97. The largest absolute Gasteiger partial charge is 0.489 e. The van der Waals surface area contributed by atoms with E-state index in [9.17, 15) is 0 Å². The zero-order valence-electron chi connectivity index (χ0n) is 12.7. The van der Waals surface area contributed by atoms with Crippen molar-refractivity contribution in [3.8, 4) is 5.75 Å². The Bertz CT molecular complexity index is 528. The normalized spacial score (nSPS) is 11.8. The summed E-state index contributed by atoms with van der Waals surface area (Å²) in [6, 6.07) is 18.3. The van der Waals surface area contributed by atoms with E-state index in [2.05, 4.69) is 32.0 Å². The smallest absolute Gasteiger partial charge is 0.124 e. The lowest BCUT2D eigenvalue weighted by Gasteiger charge is -2.18. The van der Waals surface area contributed by atoms with Crippen molar-refractivity contribution in [2.24, 2.45) is 11.7 Å². The molecule has 2 rings (SSSR count). The van der Waals surface area contributed by atoms with E-state index in [1.807, 2.05) is 36.4 Å². The van der Waals surface area contributed by atoms with Crippen molar-refractivity contribution in [3.63, 3.8) is 0 Å². The second-order valence-corrected chi connectivity index (χ2v) is 5.55. The van der Waals surface area contributed by atoms with Crippen LogP contribution in [0.4, 0.5) is 0 Å². The fourth-order valence-corrected chi connectivity index (χ4v) is 2.29. The molecule has 0 spiro atoms. The van der Waals surface area contributed by atoms with Crippen molar-refractivity contribution in [1.29, 1.82) is 0 Å². The summed E-state index contributed by atoms with van der Waals surface area (Å²) in [7, 11) is 0. The van der Waals surface area contributed by atoms with Gasteiger partial charge < -0.3 is 10.5 Å². The number of ether oxygens (including phenoxy) is 1. The molecule has 0 fully saturated rings. The van der Waals surface area contributed by atoms with Gasteiger partial charge in [0.05, 0.1) is 0 Å². The van der Waals surface area contributed by atoms with Crippen LogP contribution in [0.1, 0.15) is 37.4 Å². The van der Waals surface area contributed by atoms with Crippen LogP contribution in [0.3, 0.4) is 0 Å². The molecule has 2 aromatic rings. The molecule has 0 amide bonds. The fraction of sp³-hybridized carbons (Fsp3) is 0.333. The molecule has 2 N–H and O–H groups in total. The third-order valence-electron chi connectivity index (χ3n) is 3.28. The molecule has 0 unspecified atom stereocenters. The lowest BCUT2D eigenvalue weighted by Crippen LogP contribution is -2.14. The molecule has 2 nitrogen and oxygen atoms in total. The molecule has 0 aliphatic rings. The predicted molar refractivity (Wildman–Crippen MR) is 90.8 cm³/mol. The van der Waals surface area contributed by atoms with E-state index in [0.717, 1.165) is 17.7 Å². The molecule has 0 aliphatic carbocycles. The van der Waals surface area contributed by atoms with E-state index in [0.29, 0.717) is 12.5 Å². The Labute approximate surface area is 133 Å². The first-order valence-corrected chi connectivity index (χ1v) is 7.18. The van der Waals surface area contributed by atoms with Crippen molar-refractivity contribution in [1.82, 2.24) is 0 Å². The summed E-state index contributed by atoms with van der Waals surface area (Å²) in [5, 5.41) is 0. The molecule has 0 saturated heterocycles. The van der Waals surface area contributed by atoms with E-state index in [-0.39, 0.29) is 18.4 Å². The van der Waals surface area contributed by atoms with Gasteiger partial charge in [-0.05, 0) is 24.0 Å². The molecule has 114 valence electrons. The first-order chi connectivity index (χ1) is 9.66. The summed E-state index contributed by atoms with van der Waals surface area (Å²) < 4.78 is 5.95. The van der Waals surface area contributed by atoms with Crippen molar-refractivity contribution in [2.45, 2.75) is 32.9 Å². The van der Waals surface area contributed by atoms with E-state index < -0.39 is 0 Å². The number of hydrogen-bond donors (Lipinski definition) is 1. The highest BCUT2D eigenvalue weighted by atomic mass is 35.5. The molecule has 0 bridgehead atoms. The Morgan fingerprint density at radius 2 is 1.57 bits per heavy atom. The minimum Gasteiger partial charge on any atom is -0.489 e. The first kappa shape index (κ1) is 17.5. The molecule has 21 heavy (non-hydrogen) atoms. The second-order valence-electron chi connectivity index (χ2n) is 5.55. The highest BCUT2D eigenvalue weighted by molar-refractivity contribution is 5.85.